The third-order valence-electron chi connectivity index (χ3n) is 7.09. The van der Waals surface area contributed by atoms with E-state index >= 15 is 0 Å². The van der Waals surface area contributed by atoms with Crippen molar-refractivity contribution in [2.24, 2.45) is 0 Å². The number of fused-ring (bicyclic) bond motifs is 1. The molecule has 1 atom stereocenters. The number of anilines is 1. The Hall–Kier alpha value is -4.35. The monoisotopic (exact) mass is 567 g/mol. The molecule has 1 aliphatic heterocycles. The van der Waals surface area contributed by atoms with Gasteiger partial charge in [0.15, 0.2) is 11.5 Å². The van der Waals surface area contributed by atoms with Crippen molar-refractivity contribution in [1.82, 2.24) is 29.4 Å². The van der Waals surface area contributed by atoms with Crippen LogP contribution in [0.1, 0.15) is 5.56 Å². The van der Waals surface area contributed by atoms with Gasteiger partial charge in [-0.3, -0.25) is 4.90 Å². The summed E-state index contributed by atoms with van der Waals surface area (Å²) in [6.45, 7) is 8.46. The molecule has 1 unspecified atom stereocenters. The van der Waals surface area contributed by atoms with Gasteiger partial charge in [-0.05, 0) is 29.7 Å². The van der Waals surface area contributed by atoms with E-state index in [0.717, 1.165) is 34.9 Å². The molecule has 0 radical (unpaired) electrons. The number of benzene rings is 2. The van der Waals surface area contributed by atoms with Crippen molar-refractivity contribution in [3.63, 3.8) is 0 Å². The van der Waals surface area contributed by atoms with Crippen molar-refractivity contribution in [3.05, 3.63) is 84.9 Å². The summed E-state index contributed by atoms with van der Waals surface area (Å²) in [5, 5.41) is 9.05. The molecule has 1 fully saturated rings. The largest absolute Gasteiger partial charge is 0.447 e. The molecule has 2 aromatic carbocycles. The number of carbonyl (C=O) groups is 1. The van der Waals surface area contributed by atoms with Crippen LogP contribution in [-0.2, 0) is 22.6 Å². The predicted molar refractivity (Wildman–Crippen MR) is 159 cm³/mol. The van der Waals surface area contributed by atoms with E-state index in [0.29, 0.717) is 37.0 Å². The van der Waals surface area contributed by atoms with Gasteiger partial charge in [-0.15, -0.1) is 5.10 Å². The van der Waals surface area contributed by atoms with Gasteiger partial charge in [-0.1, -0.05) is 74.2 Å². The summed E-state index contributed by atoms with van der Waals surface area (Å²) >= 11 is 0. The molecule has 0 spiro atoms. The van der Waals surface area contributed by atoms with Gasteiger partial charge in [0, 0.05) is 32.0 Å². The van der Waals surface area contributed by atoms with E-state index in [1.54, 1.807) is 32.7 Å². The Morgan fingerprint density at radius 1 is 1.02 bits per heavy atom. The van der Waals surface area contributed by atoms with Crippen LogP contribution >= 0.6 is 0 Å². The van der Waals surface area contributed by atoms with Crippen molar-refractivity contribution in [2.45, 2.75) is 44.9 Å². The summed E-state index contributed by atoms with van der Waals surface area (Å²) in [5.41, 5.74) is 4.52. The van der Waals surface area contributed by atoms with Gasteiger partial charge in [0.25, 0.3) is 0 Å². The maximum absolute atomic E-state index is 12.7. The van der Waals surface area contributed by atoms with Crippen LogP contribution in [-0.4, -0.2) is 62.8 Å². The van der Waals surface area contributed by atoms with E-state index < -0.39 is 8.07 Å². The van der Waals surface area contributed by atoms with E-state index in [9.17, 15) is 4.79 Å². The summed E-state index contributed by atoms with van der Waals surface area (Å²) in [4.78, 5) is 23.7. The molecule has 0 saturated carbocycles. The van der Waals surface area contributed by atoms with Crippen molar-refractivity contribution >= 4 is 25.6 Å². The lowest BCUT2D eigenvalue weighted by Crippen LogP contribution is -2.35. The van der Waals surface area contributed by atoms with E-state index in [4.69, 9.17) is 14.5 Å². The second-order valence-electron chi connectivity index (χ2n) is 11.4. The standard InChI is InChI=1S/C30H33N7O3Si/c1-41(2,3)16-15-39-21-35-20-31-28(34-35)24-11-9-23(10-12-24)26-18-32-36-14-13-27(33-29(26)36)37-25(19-40-30(37)38)17-22-7-5-4-6-8-22/h4-14,18,20,25H,15-17,19,21H2,1-3H3. The molecule has 6 rings (SSSR count). The highest BCUT2D eigenvalue weighted by molar-refractivity contribution is 6.76. The third kappa shape index (κ3) is 6.05. The topological polar surface area (TPSA) is 99.7 Å². The average Bonchev–Trinajstić information content (AvgIpc) is 3.70. The minimum Gasteiger partial charge on any atom is -0.447 e. The Morgan fingerprint density at radius 2 is 1.80 bits per heavy atom. The van der Waals surface area contributed by atoms with Crippen LogP contribution in [0.5, 0.6) is 0 Å². The maximum atomic E-state index is 12.7. The molecule has 210 valence electrons. The highest BCUT2D eigenvalue weighted by Gasteiger charge is 2.35. The highest BCUT2D eigenvalue weighted by atomic mass is 28.3. The maximum Gasteiger partial charge on any atom is 0.415 e. The molecule has 0 N–H and O–H groups in total. The average molecular weight is 568 g/mol. The minimum atomic E-state index is -1.12. The summed E-state index contributed by atoms with van der Waals surface area (Å²) in [7, 11) is -1.12. The molecule has 11 heteroatoms. The number of hydrogen-bond acceptors (Lipinski definition) is 7. The molecular weight excluding hydrogens is 534 g/mol. The van der Waals surface area contributed by atoms with E-state index in [2.05, 4.69) is 47.0 Å². The quantitative estimate of drug-likeness (QED) is 0.161. The fourth-order valence-electron chi connectivity index (χ4n) is 4.80. The fraction of sp³-hybridized carbons (Fsp3) is 0.300. The van der Waals surface area contributed by atoms with Crippen LogP contribution in [0.15, 0.2) is 79.4 Å². The predicted octanol–water partition coefficient (Wildman–Crippen LogP) is 5.54. The van der Waals surface area contributed by atoms with Gasteiger partial charge in [0.1, 0.15) is 25.5 Å². The number of hydrogen-bond donors (Lipinski definition) is 0. The van der Waals surface area contributed by atoms with Crippen molar-refractivity contribution in [2.75, 3.05) is 18.1 Å². The summed E-state index contributed by atoms with van der Waals surface area (Å²) in [6.07, 6.45) is 5.60. The first-order valence-corrected chi connectivity index (χ1v) is 17.5. The number of amides is 1. The normalized spacial score (nSPS) is 15.5. The van der Waals surface area contributed by atoms with Gasteiger partial charge in [-0.25, -0.2) is 24.0 Å². The summed E-state index contributed by atoms with van der Waals surface area (Å²) in [5.74, 6) is 1.18. The van der Waals surface area contributed by atoms with Crippen molar-refractivity contribution in [1.29, 1.82) is 0 Å². The van der Waals surface area contributed by atoms with E-state index in [1.165, 1.54) is 0 Å². The highest BCUT2D eigenvalue weighted by Crippen LogP contribution is 2.29. The zero-order valence-electron chi connectivity index (χ0n) is 23.5. The molecule has 1 amide bonds. The number of rotatable bonds is 10. The molecule has 41 heavy (non-hydrogen) atoms. The van der Waals surface area contributed by atoms with E-state index in [1.807, 2.05) is 48.7 Å². The molecule has 5 aromatic rings. The molecule has 10 nitrogen and oxygen atoms in total. The number of aromatic nitrogens is 6. The number of cyclic esters (lactones) is 1. The van der Waals surface area contributed by atoms with Gasteiger partial charge in [0.2, 0.25) is 0 Å². The number of nitrogens with zero attached hydrogens (tertiary/aromatic N) is 7. The Balaban J connectivity index is 1.19. The number of carbonyl (C=O) groups excluding carboxylic acids is 1. The molecule has 0 bridgehead atoms. The van der Waals surface area contributed by atoms with Crippen LogP contribution < -0.4 is 4.90 Å². The van der Waals surface area contributed by atoms with Crippen LogP contribution in [0.25, 0.3) is 28.2 Å². The molecule has 1 saturated heterocycles. The third-order valence-corrected chi connectivity index (χ3v) is 8.79. The Morgan fingerprint density at radius 3 is 2.59 bits per heavy atom. The fourth-order valence-corrected chi connectivity index (χ4v) is 5.56. The molecule has 3 aromatic heterocycles. The zero-order chi connectivity index (χ0) is 28.4. The van der Waals surface area contributed by atoms with Crippen LogP contribution in [0.4, 0.5) is 10.6 Å². The smallest absolute Gasteiger partial charge is 0.415 e. The van der Waals surface area contributed by atoms with Crippen molar-refractivity contribution < 1.29 is 14.3 Å². The first-order chi connectivity index (χ1) is 19.8. The Labute approximate surface area is 239 Å². The molecule has 0 aliphatic carbocycles. The van der Waals surface area contributed by atoms with Crippen LogP contribution in [0, 0.1) is 0 Å². The molecular formula is C30H33N7O3Si. The van der Waals surface area contributed by atoms with E-state index in [-0.39, 0.29) is 12.1 Å². The minimum absolute atomic E-state index is 0.136. The second-order valence-corrected chi connectivity index (χ2v) is 17.1. The van der Waals surface area contributed by atoms with Crippen LogP contribution in [0.2, 0.25) is 25.7 Å². The first kappa shape index (κ1) is 26.8. The lowest BCUT2D eigenvalue weighted by Gasteiger charge is -2.20. The van der Waals surface area contributed by atoms with Gasteiger partial charge in [0.05, 0.1) is 12.2 Å². The zero-order valence-corrected chi connectivity index (χ0v) is 24.5. The second kappa shape index (κ2) is 11.3. The van der Waals surface area contributed by atoms with Gasteiger partial charge < -0.3 is 9.47 Å². The van der Waals surface area contributed by atoms with Crippen molar-refractivity contribution in [3.8, 4) is 22.5 Å². The lowest BCUT2D eigenvalue weighted by atomic mass is 10.1. The van der Waals surface area contributed by atoms with Crippen LogP contribution in [0.3, 0.4) is 0 Å². The Kier molecular flexibility index (Phi) is 7.37. The van der Waals surface area contributed by atoms with Gasteiger partial charge in [-0.2, -0.15) is 5.10 Å². The first-order valence-electron chi connectivity index (χ1n) is 13.8. The lowest BCUT2D eigenvalue weighted by molar-refractivity contribution is 0.0785. The van der Waals surface area contributed by atoms with Gasteiger partial charge >= 0.3 is 6.09 Å². The Bertz CT molecular complexity index is 1640. The molecule has 4 heterocycles. The molecule has 1 aliphatic rings. The SMILES string of the molecule is C[Si](C)(C)CCOCn1cnc(-c2ccc(-c3cnn4ccc(N5C(=O)OCC5Cc5ccccc5)nc34)cc2)n1. The number of ether oxygens (including phenoxy) is 2. The summed E-state index contributed by atoms with van der Waals surface area (Å²) in [6, 6.07) is 20.9. The summed E-state index contributed by atoms with van der Waals surface area (Å²) < 4.78 is 14.6.